The molecule has 0 fully saturated rings. The summed E-state index contributed by atoms with van der Waals surface area (Å²) in [6.07, 6.45) is 9.80. The summed E-state index contributed by atoms with van der Waals surface area (Å²) in [5.74, 6) is -0.622. The summed E-state index contributed by atoms with van der Waals surface area (Å²) in [7, 11) is 0. The number of hydrogen-bond donors (Lipinski definition) is 0. The maximum atomic E-state index is 11.2. The van der Waals surface area contributed by atoms with Gasteiger partial charge in [-0.25, -0.2) is 0 Å². The fourth-order valence-corrected chi connectivity index (χ4v) is 21.6. The molecule has 45 heavy (non-hydrogen) atoms. The molecule has 0 aromatic heterocycles. The zero-order valence-corrected chi connectivity index (χ0v) is 37.4. The quantitative estimate of drug-likeness (QED) is 0.130. The van der Waals surface area contributed by atoms with Gasteiger partial charge in [0.15, 0.2) is 0 Å². The van der Waals surface area contributed by atoms with Crippen LogP contribution in [0.1, 0.15) is 104 Å². The van der Waals surface area contributed by atoms with E-state index in [1.807, 2.05) is 0 Å². The molecule has 2 aromatic rings. The second-order valence-electron chi connectivity index (χ2n) is 10.3. The van der Waals surface area contributed by atoms with Crippen LogP contribution in [-0.2, 0) is 24.6 Å². The van der Waals surface area contributed by atoms with Gasteiger partial charge in [0.05, 0.1) is 0 Å². The first-order valence-electron chi connectivity index (χ1n) is 15.7. The normalized spacial score (nSPS) is 9.56. The average Bonchev–Trinajstić information content (AvgIpc) is 2.96. The van der Waals surface area contributed by atoms with Crippen molar-refractivity contribution in [3.05, 3.63) is 71.8 Å². The summed E-state index contributed by atoms with van der Waals surface area (Å²) in [4.78, 5) is 22.4. The number of carbonyl (C=O) groups is 2. The molecule has 0 aliphatic carbocycles. The van der Waals surface area contributed by atoms with Crippen LogP contribution in [0.25, 0.3) is 0 Å². The number of hydrogen-bond acceptors (Lipinski definition) is 4. The molecule has 0 heterocycles. The standard InChI is InChI=1S/2C7H7.4C4H9.2C2H4O2.4H2O.3Sn/c2*1-7-5-3-2-4-6-7;4*1-3-4-2;2*1-2(3)4;;;;;;;/h2*2-6H,1H2;4*1,3-4H2,2H3;2*1H3,(H,3,4);4*1H2;;;/q;;;;;;;;;;;;;;+2/p-2. The molecule has 2 rings (SSSR count). The maximum absolute atomic E-state index is 11.2. The molecule has 4 radical (unpaired) electrons. The van der Waals surface area contributed by atoms with Crippen molar-refractivity contribution < 1.29 is 37.6 Å². The minimum atomic E-state index is -3.49. The topological polar surface area (TPSA) is 179 Å². The van der Waals surface area contributed by atoms with Gasteiger partial charge in [-0.3, -0.25) is 0 Å². The van der Waals surface area contributed by atoms with Crippen LogP contribution < -0.4 is 0 Å². The Labute approximate surface area is 299 Å². The van der Waals surface area contributed by atoms with Crippen LogP contribution in [-0.4, -0.2) is 95.3 Å². The second kappa shape index (κ2) is 38.1. The van der Waals surface area contributed by atoms with E-state index in [0.29, 0.717) is 0 Å². The van der Waals surface area contributed by atoms with Crippen LogP contribution in [0.2, 0.25) is 17.7 Å². The molecule has 0 bridgehead atoms. The van der Waals surface area contributed by atoms with Crippen LogP contribution in [0.5, 0.6) is 0 Å². The van der Waals surface area contributed by atoms with Gasteiger partial charge in [0, 0.05) is 0 Å². The molecule has 0 spiro atoms. The van der Waals surface area contributed by atoms with E-state index >= 15 is 0 Å². The Morgan fingerprint density at radius 2 is 0.889 bits per heavy atom. The van der Waals surface area contributed by atoms with Gasteiger partial charge >= 0.3 is 280 Å². The number of carbonyl (C=O) groups excluding carboxylic acids is 2. The van der Waals surface area contributed by atoms with Gasteiger partial charge in [-0.15, -0.1) is 0 Å². The Morgan fingerprint density at radius 1 is 0.556 bits per heavy atom. The molecule has 0 amide bonds. The fraction of sp³-hybridized carbons (Fsp3) is 0.588. The summed E-state index contributed by atoms with van der Waals surface area (Å²) in [6, 6.07) is 21.7. The van der Waals surface area contributed by atoms with Crippen molar-refractivity contribution in [2.75, 3.05) is 0 Å². The number of benzene rings is 2. The molecule has 2 aromatic carbocycles. The monoisotopic (exact) mass is 960 g/mol. The number of unbranched alkanes of at least 4 members (excludes halogenated alkanes) is 4. The first-order chi connectivity index (χ1) is 19.8. The summed E-state index contributed by atoms with van der Waals surface area (Å²) in [5, 5.41) is 0. The average molecular weight is 957 g/mol. The third-order valence-electron chi connectivity index (χ3n) is 6.24. The van der Waals surface area contributed by atoms with E-state index in [4.69, 9.17) is 6.15 Å². The molecule has 8 N–H and O–H groups in total. The van der Waals surface area contributed by atoms with E-state index < -0.39 is 19.2 Å². The third-order valence-corrected chi connectivity index (χ3v) is 24.2. The molecule has 0 saturated heterocycles. The van der Waals surface area contributed by atoms with Crippen molar-refractivity contribution in [1.29, 1.82) is 0 Å². The number of rotatable bonds is 18. The van der Waals surface area contributed by atoms with E-state index in [1.54, 1.807) is 8.87 Å². The van der Waals surface area contributed by atoms with E-state index in [2.05, 4.69) is 88.4 Å². The van der Waals surface area contributed by atoms with Crippen LogP contribution in [0, 0.1) is 0 Å². The van der Waals surface area contributed by atoms with E-state index in [-0.39, 0.29) is 76.1 Å². The van der Waals surface area contributed by atoms with Gasteiger partial charge in [0.2, 0.25) is 0 Å². The first-order valence-corrected chi connectivity index (χ1v) is 30.1. The zero-order valence-electron chi connectivity index (χ0n) is 28.8. The van der Waals surface area contributed by atoms with Crippen molar-refractivity contribution in [1.82, 2.24) is 0 Å². The van der Waals surface area contributed by atoms with Gasteiger partial charge in [0.25, 0.3) is 0 Å². The van der Waals surface area contributed by atoms with Crippen molar-refractivity contribution in [2.45, 2.75) is 120 Å². The van der Waals surface area contributed by atoms with Crippen LogP contribution >= 0.6 is 0 Å². The first kappa shape index (κ1) is 54.1. The SMILES string of the molecule is CCC[CH2][Sn]([CH2]CCC)([O]C(C)=O)[O]C(C)=O.CCC[CH2][Sn][CH2]CCC.O.O.O.O.c1ccc([CH2][Sn][CH2]c2ccccc2)cc1. The van der Waals surface area contributed by atoms with Crippen LogP contribution in [0.15, 0.2) is 60.7 Å². The second-order valence-corrected chi connectivity index (χ2v) is 27.3. The molecule has 0 unspecified atom stereocenters. The van der Waals surface area contributed by atoms with Gasteiger partial charge in [-0.2, -0.15) is 0 Å². The predicted octanol–water partition coefficient (Wildman–Crippen LogP) is 6.07. The van der Waals surface area contributed by atoms with E-state index in [1.165, 1.54) is 59.5 Å². The van der Waals surface area contributed by atoms with Crippen molar-refractivity contribution in [3.63, 3.8) is 0 Å². The molecule has 11 heteroatoms. The van der Waals surface area contributed by atoms with E-state index in [9.17, 15) is 9.59 Å². The summed E-state index contributed by atoms with van der Waals surface area (Å²) in [6.45, 7) is 11.5. The van der Waals surface area contributed by atoms with Gasteiger partial charge in [-0.05, 0) is 0 Å². The minimum absolute atomic E-state index is 0. The fourth-order valence-electron chi connectivity index (χ4n) is 4.04. The molecule has 0 aliphatic rings. The molecule has 260 valence electrons. The van der Waals surface area contributed by atoms with Gasteiger partial charge < -0.3 is 21.9 Å². The Morgan fingerprint density at radius 3 is 1.18 bits per heavy atom. The predicted molar refractivity (Wildman–Crippen MR) is 194 cm³/mol. The summed E-state index contributed by atoms with van der Waals surface area (Å²) in [5.41, 5.74) is 3.03. The Hall–Kier alpha value is -0.384. The zero-order chi connectivity index (χ0) is 30.6. The molecule has 8 nitrogen and oxygen atoms in total. The Bertz CT molecular complexity index is 818. The Kier molecular flexibility index (Phi) is 45.7. The molecular weight excluding hydrogens is 892 g/mol. The summed E-state index contributed by atoms with van der Waals surface area (Å²) < 4.78 is 18.5. The van der Waals surface area contributed by atoms with E-state index in [0.717, 1.165) is 34.6 Å². The molecule has 0 aliphatic heterocycles. The van der Waals surface area contributed by atoms with Gasteiger partial charge in [-0.1, -0.05) is 0 Å². The van der Waals surface area contributed by atoms with Crippen LogP contribution in [0.4, 0.5) is 0 Å². The molecular formula is C34H64O8Sn3. The summed E-state index contributed by atoms with van der Waals surface area (Å²) >= 11 is -3.60. The van der Waals surface area contributed by atoms with Crippen molar-refractivity contribution >= 4 is 73.4 Å². The molecule has 0 atom stereocenters. The van der Waals surface area contributed by atoms with Crippen molar-refractivity contribution in [2.24, 2.45) is 0 Å². The van der Waals surface area contributed by atoms with Gasteiger partial charge in [0.1, 0.15) is 0 Å². The van der Waals surface area contributed by atoms with Crippen LogP contribution in [0.3, 0.4) is 0 Å². The van der Waals surface area contributed by atoms with Crippen molar-refractivity contribution in [3.8, 4) is 0 Å². The third kappa shape index (κ3) is 33.3. The molecule has 0 saturated carbocycles. The Balaban J connectivity index is -0.000000177.